The highest BCUT2D eigenvalue weighted by Gasteiger charge is 2.26. The zero-order valence-electron chi connectivity index (χ0n) is 23.4. The third-order valence-corrected chi connectivity index (χ3v) is 8.87. The molecule has 1 aliphatic heterocycles. The Hall–Kier alpha value is -2.72. The molecular formula is C32H39FN2O5S. The van der Waals surface area contributed by atoms with Gasteiger partial charge in [-0.3, -0.25) is 4.68 Å². The first-order chi connectivity index (χ1) is 20.1. The van der Waals surface area contributed by atoms with E-state index < -0.39 is 5.97 Å². The fourth-order valence-electron chi connectivity index (χ4n) is 5.72. The monoisotopic (exact) mass is 582 g/mol. The predicted molar refractivity (Wildman–Crippen MR) is 157 cm³/mol. The maximum atomic E-state index is 14.5. The van der Waals surface area contributed by atoms with E-state index in [4.69, 9.17) is 24.4 Å². The van der Waals surface area contributed by atoms with Crippen molar-refractivity contribution in [2.24, 2.45) is 11.8 Å². The Morgan fingerprint density at radius 3 is 2.54 bits per heavy atom. The molecule has 3 aromatic rings. The smallest absolute Gasteiger partial charge is 0.329 e. The van der Waals surface area contributed by atoms with E-state index in [1.165, 1.54) is 6.07 Å². The molecule has 1 aliphatic carbocycles. The average Bonchev–Trinajstić information content (AvgIpc) is 3.35. The lowest BCUT2D eigenvalue weighted by Crippen LogP contribution is -2.24. The minimum absolute atomic E-state index is 0.133. The number of thioether (sulfide) groups is 1. The first-order valence-corrected chi connectivity index (χ1v) is 15.6. The van der Waals surface area contributed by atoms with E-state index in [-0.39, 0.29) is 18.7 Å². The number of carboxylic acids is 1. The number of ether oxygens (including phenoxy) is 3. The van der Waals surface area contributed by atoms with Crippen molar-refractivity contribution in [1.82, 2.24) is 9.78 Å². The van der Waals surface area contributed by atoms with Crippen LogP contribution in [0.25, 0.3) is 22.4 Å². The molecule has 1 atom stereocenters. The zero-order valence-corrected chi connectivity index (χ0v) is 24.2. The summed E-state index contributed by atoms with van der Waals surface area (Å²) in [7, 11) is 0. The molecule has 2 aliphatic rings. The number of aliphatic carboxylic acids is 1. The Bertz CT molecular complexity index is 1260. The number of hydrogen-bond donors (Lipinski definition) is 1. The minimum Gasteiger partial charge on any atom is -0.480 e. The van der Waals surface area contributed by atoms with Crippen LogP contribution < -0.4 is 0 Å². The average molecular weight is 583 g/mol. The number of hydrogen-bond acceptors (Lipinski definition) is 6. The van der Waals surface area contributed by atoms with E-state index >= 15 is 0 Å². The summed E-state index contributed by atoms with van der Waals surface area (Å²) in [6.45, 7) is 2.34. The van der Waals surface area contributed by atoms with Crippen LogP contribution in [0.3, 0.4) is 0 Å². The first-order valence-electron chi connectivity index (χ1n) is 14.6. The SMILES string of the molecule is O=C(O)COCC1CCC(Cn2nc(-c3ccccc3)c(-c3cccc(F)c3)c2SCCOC2CCCCO2)CC1. The summed E-state index contributed by atoms with van der Waals surface area (Å²) >= 11 is 1.70. The van der Waals surface area contributed by atoms with Crippen LogP contribution in [0.2, 0.25) is 0 Å². The van der Waals surface area contributed by atoms with Crippen molar-refractivity contribution in [3.63, 3.8) is 0 Å². The van der Waals surface area contributed by atoms with Gasteiger partial charge in [-0.1, -0.05) is 42.5 Å². The van der Waals surface area contributed by atoms with Crippen LogP contribution in [0.15, 0.2) is 59.6 Å². The molecule has 1 saturated heterocycles. The molecule has 1 aromatic heterocycles. The van der Waals surface area contributed by atoms with Gasteiger partial charge in [0.15, 0.2) is 6.29 Å². The highest BCUT2D eigenvalue weighted by molar-refractivity contribution is 7.99. The number of carbonyl (C=O) groups is 1. The fourth-order valence-corrected chi connectivity index (χ4v) is 6.71. The van der Waals surface area contributed by atoms with Gasteiger partial charge >= 0.3 is 5.97 Å². The molecule has 2 fully saturated rings. The molecule has 0 radical (unpaired) electrons. The first kappa shape index (κ1) is 29.8. The number of carboxylic acid groups (broad SMARTS) is 1. The number of halogens is 1. The van der Waals surface area contributed by atoms with Crippen molar-refractivity contribution in [1.29, 1.82) is 0 Å². The molecular weight excluding hydrogens is 543 g/mol. The fraction of sp³-hybridized carbons (Fsp3) is 0.500. The highest BCUT2D eigenvalue weighted by Crippen LogP contribution is 2.41. The van der Waals surface area contributed by atoms with E-state index in [2.05, 4.69) is 16.8 Å². The largest absolute Gasteiger partial charge is 0.480 e. The quantitative estimate of drug-likeness (QED) is 0.173. The number of nitrogens with zero attached hydrogens (tertiary/aromatic N) is 2. The maximum absolute atomic E-state index is 14.5. The normalized spacial score (nSPS) is 21.1. The van der Waals surface area contributed by atoms with Gasteiger partial charge in [-0.05, 0) is 74.5 Å². The maximum Gasteiger partial charge on any atom is 0.329 e. The summed E-state index contributed by atoms with van der Waals surface area (Å²) in [4.78, 5) is 10.8. The van der Waals surface area contributed by atoms with Crippen LogP contribution in [0.1, 0.15) is 44.9 Å². The minimum atomic E-state index is -0.928. The van der Waals surface area contributed by atoms with Gasteiger partial charge in [0.2, 0.25) is 0 Å². The molecule has 1 unspecified atom stereocenters. The van der Waals surface area contributed by atoms with Crippen LogP contribution in [0.4, 0.5) is 4.39 Å². The molecule has 2 aromatic carbocycles. The second-order valence-corrected chi connectivity index (χ2v) is 12.0. The van der Waals surface area contributed by atoms with Gasteiger partial charge in [-0.15, -0.1) is 11.8 Å². The number of benzene rings is 2. The van der Waals surface area contributed by atoms with Gasteiger partial charge in [0.1, 0.15) is 23.1 Å². The van der Waals surface area contributed by atoms with Gasteiger partial charge in [-0.25, -0.2) is 9.18 Å². The molecule has 0 bridgehead atoms. The number of rotatable bonds is 13. The summed E-state index contributed by atoms with van der Waals surface area (Å²) in [6.07, 6.45) is 7.09. The van der Waals surface area contributed by atoms with Crippen molar-refractivity contribution in [2.45, 2.75) is 62.8 Å². The van der Waals surface area contributed by atoms with Crippen molar-refractivity contribution in [3.05, 3.63) is 60.4 Å². The lowest BCUT2D eigenvalue weighted by atomic mass is 9.82. The Balaban J connectivity index is 1.37. The van der Waals surface area contributed by atoms with Gasteiger partial charge < -0.3 is 19.3 Å². The molecule has 1 N–H and O–H groups in total. The van der Waals surface area contributed by atoms with Crippen LogP contribution in [0.5, 0.6) is 0 Å². The Morgan fingerprint density at radius 2 is 1.80 bits per heavy atom. The molecule has 220 valence electrons. The Morgan fingerprint density at radius 1 is 1.02 bits per heavy atom. The molecule has 1 saturated carbocycles. The Labute approximate surface area is 245 Å². The van der Waals surface area contributed by atoms with E-state index in [0.29, 0.717) is 25.0 Å². The molecule has 9 heteroatoms. The van der Waals surface area contributed by atoms with Crippen LogP contribution >= 0.6 is 11.8 Å². The third-order valence-electron chi connectivity index (χ3n) is 7.81. The highest BCUT2D eigenvalue weighted by atomic mass is 32.2. The van der Waals surface area contributed by atoms with Crippen molar-refractivity contribution in [3.8, 4) is 22.4 Å². The summed E-state index contributed by atoms with van der Waals surface area (Å²) in [5, 5.41) is 15.0. The van der Waals surface area contributed by atoms with Crippen LogP contribution in [-0.2, 0) is 25.5 Å². The van der Waals surface area contributed by atoms with E-state index in [0.717, 1.165) is 91.3 Å². The molecule has 2 heterocycles. The predicted octanol–water partition coefficient (Wildman–Crippen LogP) is 6.90. The topological polar surface area (TPSA) is 82.8 Å². The summed E-state index contributed by atoms with van der Waals surface area (Å²) in [5.41, 5.74) is 3.61. The van der Waals surface area contributed by atoms with E-state index in [9.17, 15) is 9.18 Å². The summed E-state index contributed by atoms with van der Waals surface area (Å²) in [6, 6.07) is 16.9. The van der Waals surface area contributed by atoms with Gasteiger partial charge in [0, 0.05) is 30.0 Å². The molecule has 5 rings (SSSR count). The molecule has 0 spiro atoms. The summed E-state index contributed by atoms with van der Waals surface area (Å²) < 4.78 is 33.7. The Kier molecular flexibility index (Phi) is 10.9. The second kappa shape index (κ2) is 15.0. The van der Waals surface area contributed by atoms with E-state index in [1.54, 1.807) is 23.9 Å². The van der Waals surface area contributed by atoms with Gasteiger partial charge in [-0.2, -0.15) is 5.10 Å². The van der Waals surface area contributed by atoms with Gasteiger partial charge in [0.05, 0.1) is 13.2 Å². The zero-order chi connectivity index (χ0) is 28.4. The van der Waals surface area contributed by atoms with Gasteiger partial charge in [0.25, 0.3) is 0 Å². The number of aromatic nitrogens is 2. The second-order valence-electron chi connectivity index (χ2n) is 10.9. The standard InChI is InChI=1S/C32H39FN2O5S/c33-27-10-6-9-26(19-27)30-31(25-7-2-1-3-8-25)34-35(32(30)41-18-17-40-29-11-4-5-16-39-29)20-23-12-14-24(15-13-23)21-38-22-28(36)37/h1-3,6-10,19,23-24,29H,4-5,11-18,20-22H2,(H,36,37). The molecule has 41 heavy (non-hydrogen) atoms. The van der Waals surface area contributed by atoms with Crippen LogP contribution in [0, 0.1) is 17.7 Å². The molecule has 7 nitrogen and oxygen atoms in total. The van der Waals surface area contributed by atoms with Crippen LogP contribution in [-0.4, -0.2) is 59.3 Å². The van der Waals surface area contributed by atoms with Crippen molar-refractivity contribution < 1.29 is 28.5 Å². The van der Waals surface area contributed by atoms with Crippen molar-refractivity contribution >= 4 is 17.7 Å². The van der Waals surface area contributed by atoms with Crippen molar-refractivity contribution in [2.75, 3.05) is 32.2 Å². The summed E-state index contributed by atoms with van der Waals surface area (Å²) in [5.74, 6) is 0.365. The lowest BCUT2D eigenvalue weighted by Gasteiger charge is -2.28. The molecule has 0 amide bonds. The third kappa shape index (κ3) is 8.41. The van der Waals surface area contributed by atoms with E-state index in [1.807, 2.05) is 24.3 Å². The lowest BCUT2D eigenvalue weighted by molar-refractivity contribution is -0.158.